The van der Waals surface area contributed by atoms with E-state index in [1.54, 1.807) is 18.2 Å². The van der Waals surface area contributed by atoms with Gasteiger partial charge in [0.1, 0.15) is 11.6 Å². The quantitative estimate of drug-likeness (QED) is 0.576. The van der Waals surface area contributed by atoms with Gasteiger partial charge in [0, 0.05) is 28.9 Å². The Kier molecular flexibility index (Phi) is 5.75. The largest absolute Gasteiger partial charge is 0.371 e. The van der Waals surface area contributed by atoms with Crippen LogP contribution in [-0.4, -0.2) is 19.0 Å². The fourth-order valence-electron chi connectivity index (χ4n) is 3.13. The van der Waals surface area contributed by atoms with E-state index in [0.29, 0.717) is 5.69 Å². The number of rotatable bonds is 4. The highest BCUT2D eigenvalue weighted by Gasteiger charge is 2.15. The van der Waals surface area contributed by atoms with Crippen LogP contribution < -0.4 is 10.2 Å². The monoisotopic (exact) mass is 409 g/mol. The second-order valence-corrected chi connectivity index (χ2v) is 7.29. The van der Waals surface area contributed by atoms with Gasteiger partial charge in [0.2, 0.25) is 0 Å². The minimum absolute atomic E-state index is 0.0845. The Bertz CT molecular complexity index is 875. The molecule has 0 unspecified atom stereocenters. The van der Waals surface area contributed by atoms with E-state index in [9.17, 15) is 10.1 Å². The molecule has 1 fully saturated rings. The van der Waals surface area contributed by atoms with Gasteiger partial charge in [-0.05, 0) is 73.4 Å². The molecule has 26 heavy (non-hydrogen) atoms. The fourth-order valence-corrected chi connectivity index (χ4v) is 3.39. The molecule has 1 N–H and O–H groups in total. The molecule has 0 aromatic heterocycles. The molecule has 0 saturated carbocycles. The number of amides is 1. The van der Waals surface area contributed by atoms with E-state index in [1.165, 1.54) is 18.5 Å². The number of hydrogen-bond donors (Lipinski definition) is 1. The molecule has 5 heteroatoms. The third kappa shape index (κ3) is 4.33. The molecule has 1 aliphatic heterocycles. The van der Waals surface area contributed by atoms with Crippen molar-refractivity contribution in [3.63, 3.8) is 0 Å². The Hall–Kier alpha value is -2.58. The van der Waals surface area contributed by atoms with Crippen molar-refractivity contribution >= 4 is 39.3 Å². The number of halogens is 1. The first-order valence-electron chi connectivity index (χ1n) is 8.61. The molecule has 1 saturated heterocycles. The predicted octanol–water partition coefficient (Wildman–Crippen LogP) is 4.90. The molecule has 0 spiro atoms. The first-order valence-corrected chi connectivity index (χ1v) is 9.40. The minimum Gasteiger partial charge on any atom is -0.371 e. The molecule has 1 heterocycles. The molecule has 1 aliphatic rings. The normalized spacial score (nSPS) is 14.2. The van der Waals surface area contributed by atoms with Crippen molar-refractivity contribution in [2.24, 2.45) is 0 Å². The molecular weight excluding hydrogens is 390 g/mol. The Morgan fingerprint density at radius 3 is 2.50 bits per heavy atom. The number of anilines is 2. The van der Waals surface area contributed by atoms with Gasteiger partial charge >= 0.3 is 0 Å². The number of nitriles is 1. The third-order valence-electron chi connectivity index (χ3n) is 4.45. The highest BCUT2D eigenvalue weighted by molar-refractivity contribution is 9.10. The van der Waals surface area contributed by atoms with E-state index in [-0.39, 0.29) is 5.57 Å². The maximum absolute atomic E-state index is 12.4. The maximum Gasteiger partial charge on any atom is 0.266 e. The highest BCUT2D eigenvalue weighted by atomic mass is 79.9. The first-order chi connectivity index (χ1) is 12.6. The van der Waals surface area contributed by atoms with Crippen LogP contribution >= 0.6 is 15.9 Å². The number of hydrogen-bond acceptors (Lipinski definition) is 3. The van der Waals surface area contributed by atoms with Crippen molar-refractivity contribution in [1.82, 2.24) is 0 Å². The van der Waals surface area contributed by atoms with Gasteiger partial charge in [0.25, 0.3) is 5.91 Å². The number of carbonyl (C=O) groups is 1. The third-order valence-corrected chi connectivity index (χ3v) is 4.97. The molecule has 3 rings (SSSR count). The summed E-state index contributed by atoms with van der Waals surface area (Å²) < 4.78 is 0.931. The van der Waals surface area contributed by atoms with E-state index in [2.05, 4.69) is 39.1 Å². The molecule has 2 aromatic rings. The molecule has 1 amide bonds. The van der Waals surface area contributed by atoms with E-state index < -0.39 is 5.91 Å². The molecule has 4 nitrogen and oxygen atoms in total. The smallest absolute Gasteiger partial charge is 0.266 e. The van der Waals surface area contributed by atoms with Crippen molar-refractivity contribution in [2.75, 3.05) is 23.3 Å². The van der Waals surface area contributed by atoms with Gasteiger partial charge in [-0.1, -0.05) is 22.0 Å². The molecule has 0 atom stereocenters. The molecule has 0 radical (unpaired) electrons. The second kappa shape index (κ2) is 8.20. The summed E-state index contributed by atoms with van der Waals surface area (Å²) in [4.78, 5) is 14.8. The predicted molar refractivity (Wildman–Crippen MR) is 109 cm³/mol. The van der Waals surface area contributed by atoms with E-state index in [1.807, 2.05) is 30.3 Å². The zero-order chi connectivity index (χ0) is 18.5. The average molecular weight is 410 g/mol. The van der Waals surface area contributed by atoms with Crippen LogP contribution in [0.1, 0.15) is 24.0 Å². The highest BCUT2D eigenvalue weighted by Crippen LogP contribution is 2.26. The van der Waals surface area contributed by atoms with Gasteiger partial charge in [-0.3, -0.25) is 4.79 Å². The van der Waals surface area contributed by atoms with Crippen LogP contribution in [0.25, 0.3) is 6.08 Å². The van der Waals surface area contributed by atoms with Gasteiger partial charge in [0.15, 0.2) is 0 Å². The molecule has 132 valence electrons. The average Bonchev–Trinajstić information content (AvgIpc) is 3.16. The summed E-state index contributed by atoms with van der Waals surface area (Å²) in [5, 5.41) is 12.1. The second-order valence-electron chi connectivity index (χ2n) is 6.37. The van der Waals surface area contributed by atoms with E-state index in [0.717, 1.165) is 28.7 Å². The van der Waals surface area contributed by atoms with Crippen molar-refractivity contribution in [3.8, 4) is 6.07 Å². The Balaban J connectivity index is 1.77. The van der Waals surface area contributed by atoms with Crippen LogP contribution in [0.3, 0.4) is 0 Å². The number of nitrogens with one attached hydrogen (secondary N) is 1. The summed E-state index contributed by atoms with van der Waals surface area (Å²) in [5.41, 5.74) is 3.98. The number of nitrogens with zero attached hydrogens (tertiary/aromatic N) is 2. The van der Waals surface area contributed by atoms with Gasteiger partial charge in [-0.25, -0.2) is 0 Å². The Labute approximate surface area is 162 Å². The van der Waals surface area contributed by atoms with Crippen LogP contribution in [0.2, 0.25) is 0 Å². The van der Waals surface area contributed by atoms with Gasteiger partial charge in [0.05, 0.1) is 0 Å². The number of aryl methyl sites for hydroxylation is 1. The van der Waals surface area contributed by atoms with Crippen molar-refractivity contribution in [2.45, 2.75) is 19.8 Å². The zero-order valence-corrected chi connectivity index (χ0v) is 16.2. The van der Waals surface area contributed by atoms with Crippen molar-refractivity contribution in [1.29, 1.82) is 5.26 Å². The van der Waals surface area contributed by atoms with Crippen LogP contribution in [0.5, 0.6) is 0 Å². The lowest BCUT2D eigenvalue weighted by atomic mass is 10.1. The first kappa shape index (κ1) is 18.2. The summed E-state index contributed by atoms with van der Waals surface area (Å²) in [6.07, 6.45) is 4.10. The maximum atomic E-state index is 12.4. The van der Waals surface area contributed by atoms with Crippen LogP contribution in [-0.2, 0) is 4.79 Å². The number of carbonyl (C=O) groups excluding carboxylic acids is 1. The molecular formula is C21H20BrN3O. The lowest BCUT2D eigenvalue weighted by Crippen LogP contribution is -2.18. The standard InChI is InChI=1S/C21H20BrN3O/c1-15-12-16(4-9-20(15)25-10-2-3-11-25)13-17(14-23)21(26)24-19-7-5-18(22)6-8-19/h4-9,12-13H,2-3,10-11H2,1H3,(H,24,26)/b17-13+. The van der Waals surface area contributed by atoms with Gasteiger partial charge in [-0.15, -0.1) is 0 Å². The lowest BCUT2D eigenvalue weighted by Gasteiger charge is -2.20. The number of benzene rings is 2. The van der Waals surface area contributed by atoms with Crippen LogP contribution in [0, 0.1) is 18.3 Å². The Morgan fingerprint density at radius 2 is 1.88 bits per heavy atom. The van der Waals surface area contributed by atoms with E-state index >= 15 is 0 Å². The summed E-state index contributed by atoms with van der Waals surface area (Å²) >= 11 is 3.36. The molecule has 2 aromatic carbocycles. The fraction of sp³-hybridized carbons (Fsp3) is 0.238. The molecule has 0 aliphatic carbocycles. The molecule has 0 bridgehead atoms. The topological polar surface area (TPSA) is 56.1 Å². The zero-order valence-electron chi connectivity index (χ0n) is 14.6. The summed E-state index contributed by atoms with van der Waals surface area (Å²) in [6, 6.07) is 15.3. The summed E-state index contributed by atoms with van der Waals surface area (Å²) in [5.74, 6) is -0.406. The summed E-state index contributed by atoms with van der Waals surface area (Å²) in [7, 11) is 0. The van der Waals surface area contributed by atoms with Gasteiger partial charge in [-0.2, -0.15) is 5.26 Å². The minimum atomic E-state index is -0.406. The van der Waals surface area contributed by atoms with Crippen LogP contribution in [0.4, 0.5) is 11.4 Å². The van der Waals surface area contributed by atoms with Crippen LogP contribution in [0.15, 0.2) is 52.5 Å². The van der Waals surface area contributed by atoms with E-state index in [4.69, 9.17) is 0 Å². The summed E-state index contributed by atoms with van der Waals surface area (Å²) in [6.45, 7) is 4.25. The SMILES string of the molecule is Cc1cc(/C=C(\C#N)C(=O)Nc2ccc(Br)cc2)ccc1N1CCCC1. The Morgan fingerprint density at radius 1 is 1.19 bits per heavy atom. The van der Waals surface area contributed by atoms with Gasteiger partial charge < -0.3 is 10.2 Å². The van der Waals surface area contributed by atoms with Crippen molar-refractivity contribution < 1.29 is 4.79 Å². The lowest BCUT2D eigenvalue weighted by molar-refractivity contribution is -0.112. The van der Waals surface area contributed by atoms with Crippen molar-refractivity contribution in [3.05, 3.63) is 63.6 Å².